The number of carbonyl (C=O) groups excluding carboxylic acids is 1. The number of anilines is 1. The van der Waals surface area contributed by atoms with Crippen molar-refractivity contribution in [1.29, 1.82) is 0 Å². The molecule has 5 heteroatoms. The zero-order valence-corrected chi connectivity index (χ0v) is 16.4. The molecule has 0 fully saturated rings. The van der Waals surface area contributed by atoms with Crippen LogP contribution in [-0.4, -0.2) is 12.5 Å². The first-order valence-corrected chi connectivity index (χ1v) is 10.8. The van der Waals surface area contributed by atoms with Gasteiger partial charge in [-0.15, -0.1) is 23.1 Å². The van der Waals surface area contributed by atoms with Gasteiger partial charge in [0.2, 0.25) is 0 Å². The van der Waals surface area contributed by atoms with Crippen LogP contribution in [0, 0.1) is 0 Å². The second kappa shape index (κ2) is 6.45. The molecule has 2 aliphatic rings. The normalized spacial score (nSPS) is 15.2. The molecule has 0 spiro atoms. The summed E-state index contributed by atoms with van der Waals surface area (Å²) in [5.74, 6) is 1.01. The Balaban J connectivity index is 1.54. The van der Waals surface area contributed by atoms with Crippen LogP contribution in [0.25, 0.3) is 10.4 Å². The van der Waals surface area contributed by atoms with Gasteiger partial charge in [0.05, 0.1) is 4.88 Å². The maximum Gasteiger partial charge on any atom is 0.268 e. The molecular weight excluding hydrogens is 382 g/mol. The first-order valence-electron chi connectivity index (χ1n) is 8.66. The molecule has 3 aromatic rings. The van der Waals surface area contributed by atoms with E-state index in [9.17, 15) is 4.79 Å². The largest absolute Gasteiger partial charge is 0.307 e. The van der Waals surface area contributed by atoms with Gasteiger partial charge in [-0.3, -0.25) is 4.79 Å². The first kappa shape index (κ1) is 16.4. The Kier molecular flexibility index (Phi) is 4.07. The first-order chi connectivity index (χ1) is 12.7. The second-order valence-electron chi connectivity index (χ2n) is 6.58. The quantitative estimate of drug-likeness (QED) is 0.482. The fourth-order valence-electron chi connectivity index (χ4n) is 3.71. The van der Waals surface area contributed by atoms with Crippen molar-refractivity contribution in [3.8, 4) is 10.4 Å². The summed E-state index contributed by atoms with van der Waals surface area (Å²) in [7, 11) is 0. The van der Waals surface area contributed by atoms with Crippen molar-refractivity contribution in [2.75, 3.05) is 11.4 Å². The number of rotatable bonds is 1. The van der Waals surface area contributed by atoms with Gasteiger partial charge < -0.3 is 4.90 Å². The van der Waals surface area contributed by atoms with Gasteiger partial charge in [-0.25, -0.2) is 0 Å². The molecule has 0 N–H and O–H groups in total. The Labute approximate surface area is 165 Å². The van der Waals surface area contributed by atoms with Gasteiger partial charge in [0.15, 0.2) is 0 Å². The highest BCUT2D eigenvalue weighted by molar-refractivity contribution is 7.98. The van der Waals surface area contributed by atoms with Crippen molar-refractivity contribution in [3.05, 3.63) is 69.6 Å². The van der Waals surface area contributed by atoms with Crippen LogP contribution in [0.5, 0.6) is 0 Å². The molecule has 0 saturated heterocycles. The maximum absolute atomic E-state index is 13.3. The number of hydrogen-bond acceptors (Lipinski definition) is 3. The summed E-state index contributed by atoms with van der Waals surface area (Å²) in [6.45, 7) is 0.791. The third-order valence-corrected chi connectivity index (χ3v) is 7.48. The Hall–Kier alpha value is -1.75. The molecule has 2 aliphatic heterocycles. The van der Waals surface area contributed by atoms with E-state index in [1.54, 1.807) is 23.1 Å². The molecule has 1 amide bonds. The van der Waals surface area contributed by atoms with Crippen LogP contribution in [0.1, 0.15) is 27.2 Å². The summed E-state index contributed by atoms with van der Waals surface area (Å²) in [6.07, 6.45) is 2.07. The highest BCUT2D eigenvalue weighted by Crippen LogP contribution is 2.46. The molecule has 0 atom stereocenters. The maximum atomic E-state index is 13.3. The molecule has 5 rings (SSSR count). The Bertz CT molecular complexity index is 1030. The lowest BCUT2D eigenvalue weighted by molar-refractivity contribution is 0.0989. The van der Waals surface area contributed by atoms with Crippen molar-refractivity contribution in [1.82, 2.24) is 0 Å². The number of nitrogens with zero attached hydrogens (tertiary/aromatic N) is 1. The molecular formula is C21H16ClNOS2. The molecule has 0 aliphatic carbocycles. The summed E-state index contributed by atoms with van der Waals surface area (Å²) in [5.41, 5.74) is 4.79. The molecule has 26 heavy (non-hydrogen) atoms. The van der Waals surface area contributed by atoms with Gasteiger partial charge in [0, 0.05) is 38.3 Å². The van der Waals surface area contributed by atoms with E-state index in [0.29, 0.717) is 0 Å². The molecule has 2 nitrogen and oxygen atoms in total. The highest BCUT2D eigenvalue weighted by atomic mass is 35.5. The number of benzene rings is 2. The van der Waals surface area contributed by atoms with Gasteiger partial charge in [0.25, 0.3) is 5.91 Å². The van der Waals surface area contributed by atoms with E-state index in [2.05, 4.69) is 30.3 Å². The lowest BCUT2D eigenvalue weighted by Crippen LogP contribution is -2.34. The van der Waals surface area contributed by atoms with Crippen LogP contribution in [0.3, 0.4) is 0 Å². The van der Waals surface area contributed by atoms with Crippen LogP contribution >= 0.6 is 34.7 Å². The minimum absolute atomic E-state index is 0.122. The molecule has 2 aromatic carbocycles. The van der Waals surface area contributed by atoms with Gasteiger partial charge in [-0.1, -0.05) is 35.9 Å². The van der Waals surface area contributed by atoms with E-state index in [4.69, 9.17) is 11.6 Å². The van der Waals surface area contributed by atoms with Crippen LogP contribution < -0.4 is 4.90 Å². The summed E-state index contributed by atoms with van der Waals surface area (Å²) in [6, 6.07) is 16.4. The molecule has 0 saturated carbocycles. The molecule has 3 heterocycles. The van der Waals surface area contributed by atoms with Crippen LogP contribution in [-0.2, 0) is 12.2 Å². The predicted molar refractivity (Wildman–Crippen MR) is 111 cm³/mol. The number of amides is 1. The Morgan fingerprint density at radius 2 is 1.96 bits per heavy atom. The van der Waals surface area contributed by atoms with E-state index in [1.165, 1.54) is 26.5 Å². The van der Waals surface area contributed by atoms with E-state index >= 15 is 0 Å². The van der Waals surface area contributed by atoms with Crippen LogP contribution in [0.2, 0.25) is 5.02 Å². The predicted octanol–water partition coefficient (Wildman–Crippen LogP) is 6.27. The van der Waals surface area contributed by atoms with Crippen molar-refractivity contribution in [3.63, 3.8) is 0 Å². The van der Waals surface area contributed by atoms with Gasteiger partial charge >= 0.3 is 0 Å². The SMILES string of the molecule is O=C(c1cc2c(s1)-c1ccc(Cl)cc1SC2)N1CCCc2ccccc21. The number of halogens is 1. The topological polar surface area (TPSA) is 20.3 Å². The minimum Gasteiger partial charge on any atom is -0.307 e. The zero-order chi connectivity index (χ0) is 17.7. The Morgan fingerprint density at radius 3 is 2.88 bits per heavy atom. The zero-order valence-electron chi connectivity index (χ0n) is 14.0. The smallest absolute Gasteiger partial charge is 0.268 e. The summed E-state index contributed by atoms with van der Waals surface area (Å²) in [5, 5.41) is 0.762. The van der Waals surface area contributed by atoms with E-state index in [-0.39, 0.29) is 5.91 Å². The summed E-state index contributed by atoms with van der Waals surface area (Å²) >= 11 is 9.54. The number of para-hydroxylation sites is 1. The lowest BCUT2D eigenvalue weighted by atomic mass is 10.0. The Morgan fingerprint density at radius 1 is 1.08 bits per heavy atom. The van der Waals surface area contributed by atoms with Crippen LogP contribution in [0.15, 0.2) is 53.4 Å². The number of carbonyl (C=O) groups is 1. The fraction of sp³-hybridized carbons (Fsp3) is 0.190. The lowest BCUT2D eigenvalue weighted by Gasteiger charge is -2.29. The number of fused-ring (bicyclic) bond motifs is 4. The average molecular weight is 398 g/mol. The number of thioether (sulfide) groups is 1. The van der Waals surface area contributed by atoms with Crippen molar-refractivity contribution >= 4 is 46.3 Å². The molecule has 0 radical (unpaired) electrons. The highest BCUT2D eigenvalue weighted by Gasteiger charge is 2.27. The van der Waals surface area contributed by atoms with E-state index < -0.39 is 0 Å². The molecule has 0 bridgehead atoms. The molecule has 0 unspecified atom stereocenters. The number of hydrogen-bond donors (Lipinski definition) is 0. The fourth-order valence-corrected chi connectivity index (χ4v) is 6.34. The monoisotopic (exact) mass is 397 g/mol. The third kappa shape index (κ3) is 2.68. The summed E-state index contributed by atoms with van der Waals surface area (Å²) in [4.78, 5) is 18.4. The molecule has 1 aromatic heterocycles. The van der Waals surface area contributed by atoms with Gasteiger partial charge in [0.1, 0.15) is 0 Å². The average Bonchev–Trinajstić information content (AvgIpc) is 3.11. The van der Waals surface area contributed by atoms with E-state index in [0.717, 1.165) is 40.7 Å². The van der Waals surface area contributed by atoms with Gasteiger partial charge in [-0.05, 0) is 48.2 Å². The number of aryl methyl sites for hydroxylation is 1. The second-order valence-corrected chi connectivity index (χ2v) is 9.09. The van der Waals surface area contributed by atoms with Gasteiger partial charge in [-0.2, -0.15) is 0 Å². The van der Waals surface area contributed by atoms with Crippen molar-refractivity contribution < 1.29 is 4.79 Å². The van der Waals surface area contributed by atoms with E-state index in [1.807, 2.05) is 23.1 Å². The minimum atomic E-state index is 0.122. The van der Waals surface area contributed by atoms with Crippen LogP contribution in [0.4, 0.5) is 5.69 Å². The number of thiophene rings is 1. The third-order valence-electron chi connectivity index (χ3n) is 4.95. The summed E-state index contributed by atoms with van der Waals surface area (Å²) < 4.78 is 0. The van der Waals surface area contributed by atoms with Crippen molar-refractivity contribution in [2.45, 2.75) is 23.5 Å². The molecule has 130 valence electrons. The standard InChI is InChI=1S/C21H16ClNOS2/c22-15-7-8-16-18(11-15)25-12-14-10-19(26-20(14)16)21(24)23-9-3-5-13-4-1-2-6-17(13)23/h1-2,4,6-8,10-11H,3,5,9,12H2. The van der Waals surface area contributed by atoms with Crippen molar-refractivity contribution in [2.24, 2.45) is 0 Å².